The number of nitrogens with one attached hydrogen (secondary N) is 2. The van der Waals surface area contributed by atoms with Crippen molar-refractivity contribution < 1.29 is 14.3 Å². The minimum Gasteiger partial charge on any atom is -0.477 e. The molecule has 0 saturated carbocycles. The van der Waals surface area contributed by atoms with Crippen LogP contribution in [0.4, 0.5) is 11.4 Å². The lowest BCUT2D eigenvalue weighted by Crippen LogP contribution is -2.39. The highest BCUT2D eigenvalue weighted by molar-refractivity contribution is 6.32. The second kappa shape index (κ2) is 12.2. The Balaban J connectivity index is 1.62. The molecule has 1 unspecified atom stereocenters. The van der Waals surface area contributed by atoms with Gasteiger partial charge >= 0.3 is 5.69 Å². The van der Waals surface area contributed by atoms with Crippen LogP contribution in [0, 0.1) is 17.2 Å². The van der Waals surface area contributed by atoms with E-state index in [4.69, 9.17) is 21.6 Å². The number of carbonyl (C=O) groups excluding carboxylic acids is 2. The van der Waals surface area contributed by atoms with Gasteiger partial charge in [0.2, 0.25) is 11.8 Å². The molecule has 2 N–H and O–H groups in total. The van der Waals surface area contributed by atoms with E-state index in [2.05, 4.69) is 10.6 Å². The Bertz CT molecular complexity index is 1490. The predicted octanol–water partition coefficient (Wildman–Crippen LogP) is 3.75. The Morgan fingerprint density at radius 3 is 2.16 bits per heavy atom. The monoisotopic (exact) mass is 525 g/mol. The summed E-state index contributed by atoms with van der Waals surface area (Å²) in [4.78, 5) is 50.4. The van der Waals surface area contributed by atoms with Gasteiger partial charge in [0, 0.05) is 37.3 Å². The Morgan fingerprint density at radius 1 is 1.00 bits per heavy atom. The molecule has 3 aromatic rings. The number of aromatic nitrogens is 2. The number of amides is 2. The Morgan fingerprint density at radius 2 is 1.59 bits per heavy atom. The van der Waals surface area contributed by atoms with Gasteiger partial charge in [-0.25, -0.2) is 4.79 Å². The van der Waals surface area contributed by atoms with Crippen molar-refractivity contribution in [3.63, 3.8) is 0 Å². The molecule has 0 fully saturated rings. The van der Waals surface area contributed by atoms with E-state index in [0.717, 1.165) is 4.57 Å². The molecule has 2 amide bonds. The van der Waals surface area contributed by atoms with Gasteiger partial charge in [-0.2, -0.15) is 5.26 Å². The first-order valence-corrected chi connectivity index (χ1v) is 12.2. The lowest BCUT2D eigenvalue weighted by Gasteiger charge is -2.14. The van der Waals surface area contributed by atoms with Gasteiger partial charge in [-0.1, -0.05) is 18.5 Å². The number of fused-ring (bicyclic) bond motifs is 1. The van der Waals surface area contributed by atoms with Gasteiger partial charge in [-0.15, -0.1) is 0 Å². The minimum absolute atomic E-state index is 0.0841. The van der Waals surface area contributed by atoms with Crippen molar-refractivity contribution in [2.24, 2.45) is 5.92 Å². The fourth-order valence-electron chi connectivity index (χ4n) is 4.02. The van der Waals surface area contributed by atoms with Crippen LogP contribution in [0.3, 0.4) is 0 Å². The van der Waals surface area contributed by atoms with E-state index in [9.17, 15) is 19.2 Å². The molecule has 37 heavy (non-hydrogen) atoms. The fourth-order valence-corrected chi connectivity index (χ4v) is 4.26. The molecule has 1 aromatic heterocycles. The number of carbonyl (C=O) groups is 2. The average molecular weight is 526 g/mol. The molecule has 0 aliphatic heterocycles. The third-order valence-corrected chi connectivity index (χ3v) is 6.01. The van der Waals surface area contributed by atoms with Gasteiger partial charge in [0.1, 0.15) is 11.8 Å². The van der Waals surface area contributed by atoms with E-state index in [-0.39, 0.29) is 54.4 Å². The molecule has 0 radical (unpaired) electrons. The summed E-state index contributed by atoms with van der Waals surface area (Å²) in [5.74, 6) is -0.518. The number of halogens is 1. The van der Waals surface area contributed by atoms with Crippen LogP contribution in [-0.2, 0) is 22.7 Å². The predicted molar refractivity (Wildman–Crippen MR) is 142 cm³/mol. The Kier molecular flexibility index (Phi) is 9.09. The number of rotatable bonds is 10. The zero-order valence-electron chi connectivity index (χ0n) is 20.8. The highest BCUT2D eigenvalue weighted by Gasteiger charge is 2.16. The molecule has 11 heteroatoms. The van der Waals surface area contributed by atoms with Crippen molar-refractivity contribution in [2.45, 2.75) is 46.7 Å². The van der Waals surface area contributed by atoms with E-state index in [1.165, 1.54) is 10.6 Å². The standard InChI is InChI=1S/C26H28ClN5O5/c1-4-31-21-8-6-17(14-19(21)25(35)32(5-2)26(31)36)29-23(33)12-16(3)13-24(34)30-18-7-9-22(20(27)15-18)37-11-10-28/h6-9,14-16H,4-5,11-13H2,1-3H3,(H,29,33)(H,30,34). The van der Waals surface area contributed by atoms with E-state index in [1.807, 2.05) is 13.0 Å². The smallest absolute Gasteiger partial charge is 0.331 e. The largest absolute Gasteiger partial charge is 0.477 e. The maximum Gasteiger partial charge on any atom is 0.331 e. The van der Waals surface area contributed by atoms with Crippen LogP contribution in [0.15, 0.2) is 46.0 Å². The zero-order valence-corrected chi connectivity index (χ0v) is 21.6. The topological polar surface area (TPSA) is 135 Å². The normalized spacial score (nSPS) is 11.5. The number of aryl methyl sites for hydroxylation is 1. The molecule has 3 rings (SSSR count). The van der Waals surface area contributed by atoms with Crippen molar-refractivity contribution in [2.75, 3.05) is 17.2 Å². The molecular formula is C26H28ClN5O5. The van der Waals surface area contributed by atoms with Crippen LogP contribution in [0.25, 0.3) is 10.9 Å². The Hall–Kier alpha value is -4.10. The number of ether oxygens (including phenoxy) is 1. The van der Waals surface area contributed by atoms with Crippen molar-refractivity contribution in [1.29, 1.82) is 5.26 Å². The maximum absolute atomic E-state index is 12.8. The first-order chi connectivity index (χ1) is 17.7. The number of benzene rings is 2. The van der Waals surface area contributed by atoms with Crippen LogP contribution in [0.1, 0.15) is 33.6 Å². The summed E-state index contributed by atoms with van der Waals surface area (Å²) in [6.07, 6.45) is 0.181. The SMILES string of the molecule is CCn1c(=O)c2cc(NC(=O)CC(C)CC(=O)Nc3ccc(OCC#N)c(Cl)c3)ccc2n(CC)c1=O. The summed E-state index contributed by atoms with van der Waals surface area (Å²) in [5.41, 5.74) is 0.643. The highest BCUT2D eigenvalue weighted by atomic mass is 35.5. The first kappa shape index (κ1) is 27.5. The van der Waals surface area contributed by atoms with Crippen molar-refractivity contribution in [3.05, 3.63) is 62.3 Å². The van der Waals surface area contributed by atoms with E-state index in [0.29, 0.717) is 34.6 Å². The van der Waals surface area contributed by atoms with Crippen LogP contribution in [0.2, 0.25) is 5.02 Å². The molecule has 194 valence electrons. The molecular weight excluding hydrogens is 498 g/mol. The van der Waals surface area contributed by atoms with Crippen molar-refractivity contribution in [3.8, 4) is 11.8 Å². The highest BCUT2D eigenvalue weighted by Crippen LogP contribution is 2.28. The van der Waals surface area contributed by atoms with Gasteiger partial charge in [0.05, 0.1) is 15.9 Å². The lowest BCUT2D eigenvalue weighted by molar-refractivity contribution is -0.118. The third-order valence-electron chi connectivity index (χ3n) is 5.72. The summed E-state index contributed by atoms with van der Waals surface area (Å²) in [6, 6.07) is 11.4. The van der Waals surface area contributed by atoms with Crippen LogP contribution in [-0.4, -0.2) is 27.6 Å². The molecule has 0 aliphatic rings. The van der Waals surface area contributed by atoms with Crippen LogP contribution >= 0.6 is 11.6 Å². The molecule has 0 spiro atoms. The van der Waals surface area contributed by atoms with Crippen LogP contribution in [0.5, 0.6) is 5.75 Å². The second-order valence-electron chi connectivity index (χ2n) is 8.51. The zero-order chi connectivity index (χ0) is 27.1. The number of nitrogens with zero attached hydrogens (tertiary/aromatic N) is 3. The number of anilines is 2. The van der Waals surface area contributed by atoms with Gasteiger partial charge in [-0.05, 0) is 56.2 Å². The Labute approximate surface area is 218 Å². The van der Waals surface area contributed by atoms with Gasteiger partial charge < -0.3 is 15.4 Å². The van der Waals surface area contributed by atoms with Crippen LogP contribution < -0.4 is 26.6 Å². The molecule has 1 atom stereocenters. The third kappa shape index (κ3) is 6.57. The number of hydrogen-bond acceptors (Lipinski definition) is 6. The fraction of sp³-hybridized carbons (Fsp3) is 0.346. The molecule has 2 aromatic carbocycles. The minimum atomic E-state index is -0.405. The summed E-state index contributed by atoms with van der Waals surface area (Å²) in [6.45, 7) is 5.85. The van der Waals surface area contributed by atoms with Gasteiger partial charge in [0.15, 0.2) is 6.61 Å². The molecule has 0 saturated heterocycles. The molecule has 10 nitrogen and oxygen atoms in total. The second-order valence-corrected chi connectivity index (χ2v) is 8.92. The lowest BCUT2D eigenvalue weighted by atomic mass is 10.0. The van der Waals surface area contributed by atoms with Crippen molar-refractivity contribution >= 4 is 45.7 Å². The summed E-state index contributed by atoms with van der Waals surface area (Å²) in [7, 11) is 0. The quantitative estimate of drug-likeness (QED) is 0.414. The van der Waals surface area contributed by atoms with E-state index in [1.54, 1.807) is 44.2 Å². The summed E-state index contributed by atoms with van der Waals surface area (Å²) >= 11 is 6.11. The molecule has 1 heterocycles. The first-order valence-electron chi connectivity index (χ1n) is 11.8. The van der Waals surface area contributed by atoms with Crippen molar-refractivity contribution in [1.82, 2.24) is 9.13 Å². The van der Waals surface area contributed by atoms with E-state index >= 15 is 0 Å². The summed E-state index contributed by atoms with van der Waals surface area (Å²) in [5, 5.41) is 14.7. The van der Waals surface area contributed by atoms with E-state index < -0.39 is 5.56 Å². The van der Waals surface area contributed by atoms with Gasteiger partial charge in [-0.3, -0.25) is 23.5 Å². The maximum atomic E-state index is 12.8. The average Bonchev–Trinajstić information content (AvgIpc) is 2.84. The number of nitriles is 1. The number of hydrogen-bond donors (Lipinski definition) is 2. The molecule has 0 aliphatic carbocycles. The van der Waals surface area contributed by atoms with Gasteiger partial charge in [0.25, 0.3) is 5.56 Å². The summed E-state index contributed by atoms with van der Waals surface area (Å²) < 4.78 is 7.86. The molecule has 0 bridgehead atoms.